The minimum absolute atomic E-state index is 0. The summed E-state index contributed by atoms with van der Waals surface area (Å²) < 4.78 is 24.7. The maximum atomic E-state index is 11.1. The quantitative estimate of drug-likeness (QED) is 0.176. The molecule has 3 N–H and O–H groups in total. The van der Waals surface area contributed by atoms with E-state index >= 15 is 0 Å². The molecule has 0 radical (unpaired) electrons. The summed E-state index contributed by atoms with van der Waals surface area (Å²) in [4.78, 5) is 4.79. The van der Waals surface area contributed by atoms with Gasteiger partial charge in [0.2, 0.25) is 10.0 Å². The van der Waals surface area contributed by atoms with Crippen molar-refractivity contribution in [2.24, 2.45) is 4.99 Å². The largest absolute Gasteiger partial charge is 0.357 e. The Morgan fingerprint density at radius 3 is 2.20 bits per heavy atom. The van der Waals surface area contributed by atoms with E-state index in [-0.39, 0.29) is 29.9 Å². The smallest absolute Gasteiger partial charge is 0.208 e. The molecule has 0 amide bonds. The van der Waals surface area contributed by atoms with Crippen LogP contribution < -0.4 is 15.4 Å². The van der Waals surface area contributed by atoms with Gasteiger partial charge in [0.15, 0.2) is 5.96 Å². The van der Waals surface area contributed by atoms with Crippen LogP contribution in [0.2, 0.25) is 0 Å². The molecule has 2 aromatic rings. The van der Waals surface area contributed by atoms with Crippen LogP contribution in [0.1, 0.15) is 30.4 Å². The van der Waals surface area contributed by atoms with Crippen LogP contribution in [0.5, 0.6) is 0 Å². The van der Waals surface area contributed by atoms with Crippen molar-refractivity contribution < 1.29 is 8.42 Å². The molecular formula is C22H33IN4O2S. The lowest BCUT2D eigenvalue weighted by Gasteiger charge is -2.17. The molecule has 2 rings (SSSR count). The van der Waals surface area contributed by atoms with Crippen molar-refractivity contribution in [3.8, 4) is 0 Å². The highest BCUT2D eigenvalue weighted by Crippen LogP contribution is 2.21. The first-order chi connectivity index (χ1) is 14.0. The van der Waals surface area contributed by atoms with E-state index in [9.17, 15) is 8.42 Å². The number of aliphatic imine (C=N–C) groups is 1. The van der Waals surface area contributed by atoms with Gasteiger partial charge in [-0.25, -0.2) is 13.1 Å². The fraction of sp³-hybridized carbons (Fsp3) is 0.409. The van der Waals surface area contributed by atoms with Crippen LogP contribution in [0.3, 0.4) is 0 Å². The van der Waals surface area contributed by atoms with E-state index in [1.54, 1.807) is 0 Å². The van der Waals surface area contributed by atoms with E-state index in [1.165, 1.54) is 17.4 Å². The molecule has 0 bridgehead atoms. The Kier molecular flexibility index (Phi) is 12.6. The number of guanidine groups is 1. The van der Waals surface area contributed by atoms with Crippen molar-refractivity contribution in [3.63, 3.8) is 0 Å². The van der Waals surface area contributed by atoms with Crippen LogP contribution in [0.4, 0.5) is 0 Å². The normalized spacial score (nSPS) is 12.7. The number of hydrogen-bond donors (Lipinski definition) is 3. The molecule has 0 saturated carbocycles. The SMILES string of the molecule is CCNC(=NCC(Cc1ccccc1)c1ccccc1)NCCCNS(C)(=O)=O.I. The lowest BCUT2D eigenvalue weighted by molar-refractivity contribution is 0.584. The third-order valence-electron chi connectivity index (χ3n) is 4.42. The van der Waals surface area contributed by atoms with E-state index < -0.39 is 10.0 Å². The molecule has 0 fully saturated rings. The number of nitrogens with zero attached hydrogens (tertiary/aromatic N) is 1. The Morgan fingerprint density at radius 2 is 1.60 bits per heavy atom. The van der Waals surface area contributed by atoms with E-state index in [1.807, 2.05) is 19.1 Å². The molecule has 2 aromatic carbocycles. The molecule has 0 saturated heterocycles. The zero-order valence-electron chi connectivity index (χ0n) is 17.7. The van der Waals surface area contributed by atoms with Gasteiger partial charge >= 0.3 is 0 Å². The summed E-state index contributed by atoms with van der Waals surface area (Å²) in [6.45, 7) is 4.51. The van der Waals surface area contributed by atoms with Gasteiger partial charge in [-0.1, -0.05) is 60.7 Å². The highest BCUT2D eigenvalue weighted by atomic mass is 127. The van der Waals surface area contributed by atoms with Crippen LogP contribution in [-0.4, -0.2) is 46.8 Å². The van der Waals surface area contributed by atoms with Crippen molar-refractivity contribution in [2.45, 2.75) is 25.7 Å². The predicted octanol–water partition coefficient (Wildman–Crippen LogP) is 3.13. The van der Waals surface area contributed by atoms with Gasteiger partial charge in [0, 0.05) is 32.1 Å². The minimum atomic E-state index is -3.14. The molecule has 1 atom stereocenters. The molecule has 0 spiro atoms. The van der Waals surface area contributed by atoms with Gasteiger partial charge in [0.1, 0.15) is 0 Å². The number of benzene rings is 2. The first-order valence-electron chi connectivity index (χ1n) is 10.0. The number of rotatable bonds is 11. The van der Waals surface area contributed by atoms with Crippen molar-refractivity contribution in [1.29, 1.82) is 0 Å². The topological polar surface area (TPSA) is 82.6 Å². The van der Waals surface area contributed by atoms with Crippen LogP contribution >= 0.6 is 24.0 Å². The van der Waals surface area contributed by atoms with E-state index in [0.29, 0.717) is 26.1 Å². The summed E-state index contributed by atoms with van der Waals surface area (Å²) in [6.07, 6.45) is 2.78. The third kappa shape index (κ3) is 10.9. The average Bonchev–Trinajstić information content (AvgIpc) is 2.71. The number of sulfonamides is 1. The van der Waals surface area contributed by atoms with E-state index in [0.717, 1.165) is 18.9 Å². The second-order valence-corrected chi connectivity index (χ2v) is 8.80. The van der Waals surface area contributed by atoms with Gasteiger partial charge in [0.25, 0.3) is 0 Å². The standard InChI is InChI=1S/C22H32N4O2S.HI/c1-3-23-22(24-15-10-16-26-29(2,27)28)25-18-21(20-13-8-5-9-14-20)17-19-11-6-4-7-12-19;/h4-9,11-14,21,26H,3,10,15-18H2,1-2H3,(H2,23,24,25);1H. The Morgan fingerprint density at radius 1 is 0.967 bits per heavy atom. The lowest BCUT2D eigenvalue weighted by Crippen LogP contribution is -2.39. The second kappa shape index (κ2) is 14.4. The number of halogens is 1. The number of nitrogens with one attached hydrogen (secondary N) is 3. The highest BCUT2D eigenvalue weighted by Gasteiger charge is 2.12. The van der Waals surface area contributed by atoms with Crippen LogP contribution in [0, 0.1) is 0 Å². The van der Waals surface area contributed by atoms with E-state index in [2.05, 4.69) is 63.9 Å². The highest BCUT2D eigenvalue weighted by molar-refractivity contribution is 14.0. The Balaban J connectivity index is 0.00000450. The second-order valence-electron chi connectivity index (χ2n) is 6.96. The summed E-state index contributed by atoms with van der Waals surface area (Å²) in [6, 6.07) is 20.9. The molecule has 1 unspecified atom stereocenters. The fourth-order valence-electron chi connectivity index (χ4n) is 3.01. The Bertz CT molecular complexity index is 846. The predicted molar refractivity (Wildman–Crippen MR) is 136 cm³/mol. The summed E-state index contributed by atoms with van der Waals surface area (Å²) in [7, 11) is -3.14. The van der Waals surface area contributed by atoms with Crippen LogP contribution in [0.15, 0.2) is 65.7 Å². The zero-order valence-corrected chi connectivity index (χ0v) is 20.8. The molecule has 0 aliphatic rings. The molecule has 166 valence electrons. The van der Waals surface area contributed by atoms with Gasteiger partial charge in [-0.05, 0) is 30.9 Å². The molecular weight excluding hydrogens is 511 g/mol. The molecule has 0 heterocycles. The minimum Gasteiger partial charge on any atom is -0.357 e. The van der Waals surface area contributed by atoms with Crippen molar-refractivity contribution >= 4 is 40.0 Å². The number of hydrogen-bond acceptors (Lipinski definition) is 3. The van der Waals surface area contributed by atoms with Crippen molar-refractivity contribution in [3.05, 3.63) is 71.8 Å². The average molecular weight is 545 g/mol. The molecule has 0 aliphatic carbocycles. The third-order valence-corrected chi connectivity index (χ3v) is 5.15. The monoisotopic (exact) mass is 544 g/mol. The van der Waals surface area contributed by atoms with Gasteiger partial charge < -0.3 is 10.6 Å². The Hall–Kier alpha value is -1.65. The first-order valence-corrected chi connectivity index (χ1v) is 11.9. The summed E-state index contributed by atoms with van der Waals surface area (Å²) >= 11 is 0. The maximum absolute atomic E-state index is 11.1. The Labute approximate surface area is 198 Å². The molecule has 0 aliphatic heterocycles. The zero-order chi connectivity index (χ0) is 21.0. The van der Waals surface area contributed by atoms with Gasteiger partial charge in [-0.3, -0.25) is 4.99 Å². The summed E-state index contributed by atoms with van der Waals surface area (Å²) in [5, 5.41) is 6.54. The maximum Gasteiger partial charge on any atom is 0.208 e. The van der Waals surface area contributed by atoms with Gasteiger partial charge in [-0.2, -0.15) is 0 Å². The first kappa shape index (κ1) is 26.4. The van der Waals surface area contributed by atoms with Gasteiger partial charge in [0.05, 0.1) is 6.26 Å². The molecule has 6 nitrogen and oxygen atoms in total. The summed E-state index contributed by atoms with van der Waals surface area (Å²) in [5.74, 6) is 1.03. The fourth-order valence-corrected chi connectivity index (χ4v) is 3.52. The molecule has 0 aromatic heterocycles. The van der Waals surface area contributed by atoms with E-state index in [4.69, 9.17) is 4.99 Å². The van der Waals surface area contributed by atoms with Crippen LogP contribution in [-0.2, 0) is 16.4 Å². The molecule has 8 heteroatoms. The van der Waals surface area contributed by atoms with Crippen molar-refractivity contribution in [2.75, 3.05) is 32.4 Å². The lowest BCUT2D eigenvalue weighted by atomic mass is 9.92. The van der Waals surface area contributed by atoms with Crippen molar-refractivity contribution in [1.82, 2.24) is 15.4 Å². The molecule has 30 heavy (non-hydrogen) atoms. The van der Waals surface area contributed by atoms with Crippen LogP contribution in [0.25, 0.3) is 0 Å². The van der Waals surface area contributed by atoms with Gasteiger partial charge in [-0.15, -0.1) is 24.0 Å². The summed E-state index contributed by atoms with van der Waals surface area (Å²) in [5.41, 5.74) is 2.56.